The second kappa shape index (κ2) is 6.09. The van der Waals surface area contributed by atoms with Crippen LogP contribution in [0.25, 0.3) is 0 Å². The number of rotatable bonds is 5. The monoisotopic (exact) mass is 257 g/mol. The first-order valence-corrected chi connectivity index (χ1v) is 6.41. The Labute approximate surface area is 113 Å². The molecule has 0 spiro atoms. The van der Waals surface area contributed by atoms with Crippen LogP contribution in [0.4, 0.5) is 11.5 Å². The van der Waals surface area contributed by atoms with Crippen LogP contribution in [0.3, 0.4) is 0 Å². The van der Waals surface area contributed by atoms with Gasteiger partial charge in [-0.2, -0.15) is 4.98 Å². The number of nitrogens with two attached hydrogens (primary N) is 1. The first-order chi connectivity index (χ1) is 9.20. The van der Waals surface area contributed by atoms with Gasteiger partial charge in [0.25, 0.3) is 0 Å². The van der Waals surface area contributed by atoms with Gasteiger partial charge in [-0.3, -0.25) is 0 Å². The third-order valence-electron chi connectivity index (χ3n) is 2.84. The average molecular weight is 257 g/mol. The molecule has 4 nitrogen and oxygen atoms in total. The average Bonchev–Trinajstić information content (AvgIpc) is 2.40. The van der Waals surface area contributed by atoms with Gasteiger partial charge >= 0.3 is 0 Å². The van der Waals surface area contributed by atoms with Gasteiger partial charge in [0.1, 0.15) is 5.82 Å². The topological polar surface area (TPSA) is 60.2 Å². The van der Waals surface area contributed by atoms with Crippen molar-refractivity contribution in [2.24, 2.45) is 0 Å². The summed E-state index contributed by atoms with van der Waals surface area (Å²) in [6.07, 6.45) is 0. The zero-order valence-corrected chi connectivity index (χ0v) is 11.3. The van der Waals surface area contributed by atoms with Crippen molar-refractivity contribution in [3.8, 4) is 5.88 Å². The van der Waals surface area contributed by atoms with Crippen LogP contribution < -0.4 is 15.8 Å². The summed E-state index contributed by atoms with van der Waals surface area (Å²) in [7, 11) is 0. The third kappa shape index (κ3) is 3.37. The summed E-state index contributed by atoms with van der Waals surface area (Å²) in [5.41, 5.74) is 7.81. The second-order valence-corrected chi connectivity index (χ2v) is 4.29. The quantitative estimate of drug-likeness (QED) is 0.807. The van der Waals surface area contributed by atoms with Crippen LogP contribution in [-0.2, 0) is 0 Å². The second-order valence-electron chi connectivity index (χ2n) is 4.29. The molecule has 0 amide bonds. The van der Waals surface area contributed by atoms with Gasteiger partial charge in [-0.05, 0) is 31.5 Å². The highest BCUT2D eigenvalue weighted by Gasteiger charge is 2.09. The Morgan fingerprint density at radius 2 is 2.00 bits per heavy atom. The molecule has 100 valence electrons. The molecule has 0 bridgehead atoms. The van der Waals surface area contributed by atoms with Crippen LogP contribution in [0.1, 0.15) is 25.5 Å². The van der Waals surface area contributed by atoms with E-state index >= 15 is 0 Å². The van der Waals surface area contributed by atoms with Crippen LogP contribution in [-0.4, -0.2) is 11.6 Å². The molecule has 1 atom stereocenters. The first-order valence-electron chi connectivity index (χ1n) is 6.41. The van der Waals surface area contributed by atoms with E-state index in [9.17, 15) is 0 Å². The number of hydrogen-bond acceptors (Lipinski definition) is 4. The molecule has 0 radical (unpaired) electrons. The molecule has 1 aromatic carbocycles. The zero-order chi connectivity index (χ0) is 13.7. The molecule has 1 aromatic heterocycles. The normalized spacial score (nSPS) is 11.9. The molecule has 1 unspecified atom stereocenters. The van der Waals surface area contributed by atoms with Gasteiger partial charge in [0, 0.05) is 11.8 Å². The summed E-state index contributed by atoms with van der Waals surface area (Å²) in [4.78, 5) is 4.38. The lowest BCUT2D eigenvalue weighted by Gasteiger charge is -2.17. The highest BCUT2D eigenvalue weighted by Crippen LogP contribution is 2.23. The Bertz CT molecular complexity index is 542. The van der Waals surface area contributed by atoms with Gasteiger partial charge in [0.15, 0.2) is 0 Å². The van der Waals surface area contributed by atoms with Gasteiger partial charge in [-0.1, -0.05) is 24.3 Å². The number of aromatic nitrogens is 1. The van der Waals surface area contributed by atoms with Crippen LogP contribution >= 0.6 is 0 Å². The number of para-hydroxylation sites is 1. The van der Waals surface area contributed by atoms with Gasteiger partial charge in [-0.25, -0.2) is 0 Å². The van der Waals surface area contributed by atoms with E-state index in [1.54, 1.807) is 0 Å². The van der Waals surface area contributed by atoms with Crippen molar-refractivity contribution in [3.63, 3.8) is 0 Å². The molecule has 0 aliphatic heterocycles. The summed E-state index contributed by atoms with van der Waals surface area (Å²) >= 11 is 0. The smallest absolute Gasteiger partial charge is 0.215 e. The number of nitrogens with zero attached hydrogens (tertiary/aromatic N) is 1. The minimum atomic E-state index is 0.0885. The van der Waals surface area contributed by atoms with Gasteiger partial charge in [-0.15, -0.1) is 0 Å². The molecule has 0 aliphatic carbocycles. The van der Waals surface area contributed by atoms with E-state index in [0.29, 0.717) is 12.5 Å². The van der Waals surface area contributed by atoms with Crippen LogP contribution in [0.2, 0.25) is 0 Å². The lowest BCUT2D eigenvalue weighted by molar-refractivity contribution is 0.327. The molecule has 0 fully saturated rings. The number of pyridine rings is 1. The fourth-order valence-electron chi connectivity index (χ4n) is 1.93. The van der Waals surface area contributed by atoms with Crippen molar-refractivity contribution in [3.05, 3.63) is 48.0 Å². The van der Waals surface area contributed by atoms with Crippen LogP contribution in [0, 0.1) is 0 Å². The SMILES string of the molecule is CCOc1cccc(NC(C)c2ccccc2N)n1. The van der Waals surface area contributed by atoms with E-state index in [4.69, 9.17) is 10.5 Å². The van der Waals surface area contributed by atoms with Crippen molar-refractivity contribution in [2.45, 2.75) is 19.9 Å². The van der Waals surface area contributed by atoms with Gasteiger partial charge < -0.3 is 15.8 Å². The zero-order valence-electron chi connectivity index (χ0n) is 11.3. The van der Waals surface area contributed by atoms with E-state index in [0.717, 1.165) is 17.1 Å². The number of nitrogens with one attached hydrogen (secondary N) is 1. The van der Waals surface area contributed by atoms with E-state index in [1.807, 2.05) is 49.4 Å². The molecule has 4 heteroatoms. The molecule has 2 rings (SSSR count). The Morgan fingerprint density at radius 3 is 2.74 bits per heavy atom. The summed E-state index contributed by atoms with van der Waals surface area (Å²) in [6.45, 7) is 4.60. The molecule has 0 aliphatic rings. The Morgan fingerprint density at radius 1 is 1.21 bits per heavy atom. The van der Waals surface area contributed by atoms with E-state index in [-0.39, 0.29) is 6.04 Å². The predicted octanol–water partition coefficient (Wildman–Crippen LogP) is 3.24. The molecule has 0 saturated heterocycles. The molecular weight excluding hydrogens is 238 g/mol. The van der Waals surface area contributed by atoms with Crippen molar-refractivity contribution in [2.75, 3.05) is 17.7 Å². The lowest BCUT2D eigenvalue weighted by atomic mass is 10.1. The minimum Gasteiger partial charge on any atom is -0.478 e. The van der Waals surface area contributed by atoms with Gasteiger partial charge in [0.05, 0.1) is 12.6 Å². The minimum absolute atomic E-state index is 0.0885. The standard InChI is InChI=1S/C15H19N3O/c1-3-19-15-10-6-9-14(18-15)17-11(2)12-7-4-5-8-13(12)16/h4-11H,3,16H2,1-2H3,(H,17,18). The third-order valence-corrected chi connectivity index (χ3v) is 2.84. The highest BCUT2D eigenvalue weighted by molar-refractivity contribution is 5.51. The number of anilines is 2. The maximum atomic E-state index is 5.97. The Kier molecular flexibility index (Phi) is 4.23. The summed E-state index contributed by atoms with van der Waals surface area (Å²) in [5, 5.41) is 3.33. The summed E-state index contributed by atoms with van der Waals surface area (Å²) in [5.74, 6) is 1.41. The van der Waals surface area contributed by atoms with Crippen molar-refractivity contribution in [1.82, 2.24) is 4.98 Å². The molecule has 3 N–H and O–H groups in total. The Hall–Kier alpha value is -2.23. The summed E-state index contributed by atoms with van der Waals surface area (Å²) in [6, 6.07) is 13.6. The number of ether oxygens (including phenoxy) is 1. The number of nitrogen functional groups attached to an aromatic ring is 1. The van der Waals surface area contributed by atoms with Crippen molar-refractivity contribution < 1.29 is 4.74 Å². The first kappa shape index (κ1) is 13.2. The molecule has 2 aromatic rings. The molecule has 1 heterocycles. The highest BCUT2D eigenvalue weighted by atomic mass is 16.5. The fraction of sp³-hybridized carbons (Fsp3) is 0.267. The molecule has 19 heavy (non-hydrogen) atoms. The van der Waals surface area contributed by atoms with Crippen LogP contribution in [0.5, 0.6) is 5.88 Å². The molecular formula is C15H19N3O. The predicted molar refractivity (Wildman–Crippen MR) is 78.3 cm³/mol. The van der Waals surface area contributed by atoms with Crippen LogP contribution in [0.15, 0.2) is 42.5 Å². The van der Waals surface area contributed by atoms with Gasteiger partial charge in [0.2, 0.25) is 5.88 Å². The van der Waals surface area contributed by atoms with E-state index in [2.05, 4.69) is 17.2 Å². The fourth-order valence-corrected chi connectivity index (χ4v) is 1.93. The largest absolute Gasteiger partial charge is 0.478 e. The lowest BCUT2D eigenvalue weighted by Crippen LogP contribution is -2.10. The maximum Gasteiger partial charge on any atom is 0.215 e. The maximum absolute atomic E-state index is 5.97. The van der Waals surface area contributed by atoms with Crippen molar-refractivity contribution >= 4 is 11.5 Å². The Balaban J connectivity index is 2.12. The van der Waals surface area contributed by atoms with Crippen molar-refractivity contribution in [1.29, 1.82) is 0 Å². The van der Waals surface area contributed by atoms with E-state index < -0.39 is 0 Å². The number of hydrogen-bond donors (Lipinski definition) is 2. The molecule has 0 saturated carbocycles. The van der Waals surface area contributed by atoms with E-state index in [1.165, 1.54) is 0 Å². The summed E-state index contributed by atoms with van der Waals surface area (Å²) < 4.78 is 5.38. The number of benzene rings is 1.